The lowest BCUT2D eigenvalue weighted by Crippen LogP contribution is -2.31. The van der Waals surface area contributed by atoms with Crippen LogP contribution in [0.1, 0.15) is 30.5 Å². The Labute approximate surface area is 181 Å². The molecule has 1 heterocycles. The molecule has 3 rings (SSSR count). The van der Waals surface area contributed by atoms with Crippen LogP contribution < -0.4 is 9.47 Å². The third kappa shape index (κ3) is 4.56. The molecule has 7 nitrogen and oxygen atoms in total. The van der Waals surface area contributed by atoms with Crippen molar-refractivity contribution < 1.29 is 28.9 Å². The van der Waals surface area contributed by atoms with Crippen molar-refractivity contribution in [1.29, 1.82) is 0 Å². The van der Waals surface area contributed by atoms with Crippen molar-refractivity contribution in [3.63, 3.8) is 0 Å². The van der Waals surface area contributed by atoms with E-state index in [1.54, 1.807) is 49.6 Å². The topological polar surface area (TPSA) is 85.3 Å². The second kappa shape index (κ2) is 10.1. The Hall–Kier alpha value is -3.32. The zero-order chi connectivity index (χ0) is 22.4. The Morgan fingerprint density at radius 2 is 1.81 bits per heavy atom. The molecule has 1 atom stereocenters. The van der Waals surface area contributed by atoms with Gasteiger partial charge in [-0.05, 0) is 31.0 Å². The molecule has 164 valence electrons. The number of methoxy groups -OCH3 is 2. The van der Waals surface area contributed by atoms with Crippen molar-refractivity contribution in [3.8, 4) is 11.5 Å². The number of ether oxygens (including phenoxy) is 3. The zero-order valence-electron chi connectivity index (χ0n) is 18.0. The molecule has 1 fully saturated rings. The molecule has 0 bridgehead atoms. The van der Waals surface area contributed by atoms with Crippen molar-refractivity contribution in [3.05, 3.63) is 65.2 Å². The van der Waals surface area contributed by atoms with Gasteiger partial charge in [0.25, 0.3) is 11.7 Å². The average Bonchev–Trinajstić information content (AvgIpc) is 3.05. The van der Waals surface area contributed by atoms with E-state index in [0.29, 0.717) is 48.8 Å². The van der Waals surface area contributed by atoms with E-state index in [0.717, 1.165) is 0 Å². The number of carbonyl (C=O) groups is 2. The highest BCUT2D eigenvalue weighted by Gasteiger charge is 2.46. The van der Waals surface area contributed by atoms with Crippen molar-refractivity contribution in [1.82, 2.24) is 4.90 Å². The van der Waals surface area contributed by atoms with Crippen LogP contribution in [0.25, 0.3) is 5.76 Å². The Balaban J connectivity index is 2.13. The number of nitrogens with zero attached hydrogens (tertiary/aromatic N) is 1. The first kappa shape index (κ1) is 22.4. The zero-order valence-corrected chi connectivity index (χ0v) is 18.0. The fourth-order valence-electron chi connectivity index (χ4n) is 3.72. The van der Waals surface area contributed by atoms with E-state index in [9.17, 15) is 14.7 Å². The van der Waals surface area contributed by atoms with E-state index in [4.69, 9.17) is 14.2 Å². The second-order valence-electron chi connectivity index (χ2n) is 7.05. The van der Waals surface area contributed by atoms with Crippen molar-refractivity contribution in [2.45, 2.75) is 19.4 Å². The van der Waals surface area contributed by atoms with E-state index in [-0.39, 0.29) is 11.3 Å². The highest BCUT2D eigenvalue weighted by atomic mass is 16.5. The number of rotatable bonds is 9. The predicted octanol–water partition coefficient (Wildman–Crippen LogP) is 3.55. The van der Waals surface area contributed by atoms with Crippen molar-refractivity contribution in [2.75, 3.05) is 34.0 Å². The highest BCUT2D eigenvalue weighted by Crippen LogP contribution is 2.42. The number of aliphatic hydroxyl groups excluding tert-OH is 1. The van der Waals surface area contributed by atoms with Crippen molar-refractivity contribution >= 4 is 17.4 Å². The summed E-state index contributed by atoms with van der Waals surface area (Å²) in [5.41, 5.74) is 1.18. The minimum atomic E-state index is -0.748. The molecule has 0 aliphatic carbocycles. The number of carbonyl (C=O) groups excluding carboxylic acids is 2. The Bertz CT molecular complexity index is 969. The lowest BCUT2D eigenvalue weighted by Gasteiger charge is -2.26. The molecular weight excluding hydrogens is 398 g/mol. The van der Waals surface area contributed by atoms with Crippen LogP contribution in [0.4, 0.5) is 0 Å². The first-order valence-corrected chi connectivity index (χ1v) is 10.2. The van der Waals surface area contributed by atoms with Crippen LogP contribution >= 0.6 is 0 Å². The summed E-state index contributed by atoms with van der Waals surface area (Å²) in [6.45, 7) is 3.10. The Morgan fingerprint density at radius 3 is 2.45 bits per heavy atom. The minimum Gasteiger partial charge on any atom is -0.507 e. The lowest BCUT2D eigenvalue weighted by atomic mass is 9.95. The van der Waals surface area contributed by atoms with Crippen molar-refractivity contribution in [2.24, 2.45) is 0 Å². The summed E-state index contributed by atoms with van der Waals surface area (Å²) in [6, 6.07) is 13.3. The van der Waals surface area contributed by atoms with E-state index < -0.39 is 17.7 Å². The molecule has 1 aliphatic rings. The molecule has 7 heteroatoms. The fraction of sp³-hybridized carbons (Fsp3) is 0.333. The highest BCUT2D eigenvalue weighted by molar-refractivity contribution is 6.46. The molecule has 1 aliphatic heterocycles. The molecule has 2 aromatic rings. The first-order valence-electron chi connectivity index (χ1n) is 10.2. The second-order valence-corrected chi connectivity index (χ2v) is 7.05. The van der Waals surface area contributed by atoms with Gasteiger partial charge in [0.1, 0.15) is 5.76 Å². The van der Waals surface area contributed by atoms with E-state index in [1.807, 2.05) is 13.0 Å². The van der Waals surface area contributed by atoms with Crippen LogP contribution in [-0.2, 0) is 14.3 Å². The molecule has 0 saturated carbocycles. The minimum absolute atomic E-state index is 0.0554. The normalized spacial score (nSPS) is 17.8. The SMILES string of the molecule is CCOc1ccc([C@H]2/C(=C(\O)c3ccccc3)C(=O)C(=O)N2CCCOC)cc1OC. The monoisotopic (exact) mass is 425 g/mol. The third-order valence-electron chi connectivity index (χ3n) is 5.14. The largest absolute Gasteiger partial charge is 0.507 e. The summed E-state index contributed by atoms with van der Waals surface area (Å²) < 4.78 is 16.1. The van der Waals surface area contributed by atoms with Gasteiger partial charge in [0.15, 0.2) is 11.5 Å². The van der Waals surface area contributed by atoms with Crippen LogP contribution in [0.5, 0.6) is 11.5 Å². The van der Waals surface area contributed by atoms with Crippen LogP contribution in [0, 0.1) is 0 Å². The molecule has 0 radical (unpaired) electrons. The van der Waals surface area contributed by atoms with Crippen LogP contribution in [-0.4, -0.2) is 55.7 Å². The molecule has 31 heavy (non-hydrogen) atoms. The van der Waals surface area contributed by atoms with Crippen LogP contribution in [0.3, 0.4) is 0 Å². The van der Waals surface area contributed by atoms with E-state index >= 15 is 0 Å². The van der Waals surface area contributed by atoms with Gasteiger partial charge < -0.3 is 24.2 Å². The summed E-state index contributed by atoms with van der Waals surface area (Å²) in [6.07, 6.45) is 0.555. The average molecular weight is 425 g/mol. The lowest BCUT2D eigenvalue weighted by molar-refractivity contribution is -0.140. The number of amides is 1. The van der Waals surface area contributed by atoms with Gasteiger partial charge in [-0.2, -0.15) is 0 Å². The standard InChI is InChI=1S/C24H27NO6/c1-4-31-18-12-11-17(15-19(18)30-3)21-20(22(26)16-9-6-5-7-10-16)23(27)24(28)25(21)13-8-14-29-2/h5-7,9-12,15,21,26H,4,8,13-14H2,1-3H3/b22-20+/t21-/m0/s1. The maximum absolute atomic E-state index is 13.0. The maximum Gasteiger partial charge on any atom is 0.295 e. The Morgan fingerprint density at radius 1 is 1.06 bits per heavy atom. The van der Waals surface area contributed by atoms with Gasteiger partial charge in [-0.1, -0.05) is 36.4 Å². The molecule has 1 N–H and O–H groups in total. The third-order valence-corrected chi connectivity index (χ3v) is 5.14. The maximum atomic E-state index is 13.0. The molecule has 1 amide bonds. The quantitative estimate of drug-likeness (QED) is 0.286. The summed E-state index contributed by atoms with van der Waals surface area (Å²) in [5, 5.41) is 11.0. The van der Waals surface area contributed by atoms with Gasteiger partial charge in [0.2, 0.25) is 0 Å². The summed E-state index contributed by atoms with van der Waals surface area (Å²) >= 11 is 0. The molecular formula is C24H27NO6. The number of hydrogen-bond acceptors (Lipinski definition) is 6. The summed E-state index contributed by atoms with van der Waals surface area (Å²) in [4.78, 5) is 27.3. The summed E-state index contributed by atoms with van der Waals surface area (Å²) in [5.74, 6) is -0.510. The van der Waals surface area contributed by atoms with E-state index in [2.05, 4.69) is 0 Å². The number of benzene rings is 2. The van der Waals surface area contributed by atoms with E-state index in [1.165, 1.54) is 12.0 Å². The van der Waals surface area contributed by atoms with Gasteiger partial charge in [-0.25, -0.2) is 0 Å². The van der Waals surface area contributed by atoms with Gasteiger partial charge in [0.05, 0.1) is 25.3 Å². The summed E-state index contributed by atoms with van der Waals surface area (Å²) in [7, 11) is 3.11. The molecule has 0 spiro atoms. The molecule has 0 aromatic heterocycles. The smallest absolute Gasteiger partial charge is 0.295 e. The first-order chi connectivity index (χ1) is 15.0. The van der Waals surface area contributed by atoms with Crippen LogP contribution in [0.15, 0.2) is 54.1 Å². The number of Topliss-reactive ketones (excluding diaryl/α,β-unsaturated/α-hetero) is 1. The number of likely N-dealkylation sites (tertiary alicyclic amines) is 1. The van der Waals surface area contributed by atoms with Gasteiger partial charge in [-0.3, -0.25) is 9.59 Å². The fourth-order valence-corrected chi connectivity index (χ4v) is 3.72. The molecule has 2 aromatic carbocycles. The Kier molecular flexibility index (Phi) is 7.31. The molecule has 1 saturated heterocycles. The van der Waals surface area contributed by atoms with Gasteiger partial charge in [0, 0.05) is 25.8 Å². The van der Waals surface area contributed by atoms with Gasteiger partial charge in [-0.15, -0.1) is 0 Å². The predicted molar refractivity (Wildman–Crippen MR) is 116 cm³/mol. The number of ketones is 1. The number of hydrogen-bond donors (Lipinski definition) is 1. The van der Waals surface area contributed by atoms with Crippen LogP contribution in [0.2, 0.25) is 0 Å². The van der Waals surface area contributed by atoms with Gasteiger partial charge >= 0.3 is 0 Å². The molecule has 0 unspecified atom stereocenters. The number of aliphatic hydroxyl groups is 1.